The second-order valence-electron chi connectivity index (χ2n) is 2.77. The summed E-state index contributed by atoms with van der Waals surface area (Å²) >= 11 is 0. The summed E-state index contributed by atoms with van der Waals surface area (Å²) in [7, 11) is 0. The maximum atomic E-state index is 10.7. The zero-order chi connectivity index (χ0) is 8.20. The number of carbonyl (C=O) groups is 1. The van der Waals surface area contributed by atoms with Gasteiger partial charge in [-0.3, -0.25) is 4.79 Å². The van der Waals surface area contributed by atoms with E-state index in [0.717, 1.165) is 13.0 Å². The molecule has 3 N–H and O–H groups in total. The van der Waals surface area contributed by atoms with Gasteiger partial charge < -0.3 is 18.0 Å². The third kappa shape index (κ3) is 12.7. The fraction of sp³-hybridized carbons (Fsp3) is 0.714. The van der Waals surface area contributed by atoms with E-state index in [1.165, 1.54) is 0 Å². The van der Waals surface area contributed by atoms with Gasteiger partial charge in [-0.05, 0) is 20.4 Å². The van der Waals surface area contributed by atoms with E-state index in [1.54, 1.807) is 13.8 Å². The van der Waals surface area contributed by atoms with E-state index < -0.39 is 5.54 Å². The van der Waals surface area contributed by atoms with Gasteiger partial charge in [-0.15, -0.1) is 0 Å². The summed E-state index contributed by atoms with van der Waals surface area (Å²) in [6.07, 6.45) is 0.761. The number of amides is 1. The van der Waals surface area contributed by atoms with Crippen LogP contribution in [0.2, 0.25) is 0 Å². The number of rotatable bonds is 4. The Hall–Kier alpha value is 2.74. The van der Waals surface area contributed by atoms with Gasteiger partial charge >= 0.3 is 0 Å². The molecule has 1 amide bonds. The number of primary amides is 1. The normalized spacial score (nSPS) is 8.85. The van der Waals surface area contributed by atoms with Gasteiger partial charge in [0.1, 0.15) is 0 Å². The van der Waals surface area contributed by atoms with Crippen molar-refractivity contribution in [3.8, 4) is 0 Å². The third-order valence-electron chi connectivity index (χ3n) is 1.36. The van der Waals surface area contributed by atoms with Crippen molar-refractivity contribution >= 4 is 5.91 Å². The van der Waals surface area contributed by atoms with Crippen molar-refractivity contribution in [3.63, 3.8) is 0 Å². The van der Waals surface area contributed by atoms with Gasteiger partial charge in [0.05, 0.1) is 5.54 Å². The molecule has 3 nitrogen and oxygen atoms in total. The predicted octanol–water partition coefficient (Wildman–Crippen LogP) is 0.0566. The monoisotopic (exact) mass is 410 g/mol. The second-order valence-corrected chi connectivity index (χ2v) is 2.77. The van der Waals surface area contributed by atoms with Crippen LogP contribution in [0.5, 0.6) is 0 Å². The van der Waals surface area contributed by atoms with Gasteiger partial charge in [0.2, 0.25) is 5.91 Å². The van der Waals surface area contributed by atoms with E-state index in [-0.39, 0.29) is 104 Å². The van der Waals surface area contributed by atoms with Crippen LogP contribution in [0.4, 0.5) is 0 Å². The first-order valence-electron chi connectivity index (χ1n) is 3.35. The van der Waals surface area contributed by atoms with Gasteiger partial charge in [0.25, 0.3) is 0 Å². The van der Waals surface area contributed by atoms with Crippen molar-refractivity contribution in [2.45, 2.75) is 25.8 Å². The van der Waals surface area contributed by atoms with Crippen molar-refractivity contribution in [2.24, 2.45) is 5.73 Å². The molecule has 6 heteroatoms. The Morgan fingerprint density at radius 1 is 1.38 bits per heavy atom. The molecule has 0 saturated carbocycles. The fourth-order valence-corrected chi connectivity index (χ4v) is 0.488. The van der Waals surface area contributed by atoms with Gasteiger partial charge in [-0.2, -0.15) is 6.42 Å². The molecule has 0 unspecified atom stereocenters. The molecule has 0 aliphatic rings. The van der Waals surface area contributed by atoms with E-state index in [9.17, 15) is 4.79 Å². The van der Waals surface area contributed by atoms with Crippen LogP contribution >= 0.6 is 0 Å². The Morgan fingerprint density at radius 2 is 1.77 bits per heavy atom. The standard InChI is InChI=1S/C7H15N2O.3Y/c1-4-5-9-7(2,3)6(8)10;;;/h9H,1,4-5H2,2-3H3,(H2,8,10);;;/q-1;;;. The topological polar surface area (TPSA) is 55.1 Å². The Morgan fingerprint density at radius 3 is 2.00 bits per heavy atom. The molecule has 0 saturated heterocycles. The van der Waals surface area contributed by atoms with Gasteiger partial charge in [-0.1, -0.05) is 0 Å². The zero-order valence-electron chi connectivity index (χ0n) is 8.34. The van der Waals surface area contributed by atoms with Crippen LogP contribution < -0.4 is 11.1 Å². The van der Waals surface area contributed by atoms with Crippen LogP contribution in [-0.4, -0.2) is 18.0 Å². The minimum atomic E-state index is -0.600. The number of nitrogens with two attached hydrogens (primary N) is 1. The van der Waals surface area contributed by atoms with Crippen molar-refractivity contribution in [1.82, 2.24) is 5.32 Å². The summed E-state index contributed by atoms with van der Waals surface area (Å²) in [6.45, 7) is 7.86. The molecule has 0 aliphatic heterocycles. The summed E-state index contributed by atoms with van der Waals surface area (Å²) < 4.78 is 0. The number of hydrogen-bond acceptors (Lipinski definition) is 2. The Bertz CT molecular complexity index is 131. The number of carbonyl (C=O) groups excluding carboxylic acids is 1. The molecule has 13 heavy (non-hydrogen) atoms. The maximum Gasteiger partial charge on any atom is 0.237 e. The second kappa shape index (κ2) is 12.8. The van der Waals surface area contributed by atoms with Crippen LogP contribution in [0.3, 0.4) is 0 Å². The van der Waals surface area contributed by atoms with Crippen LogP contribution in [0, 0.1) is 6.92 Å². The average molecular weight is 410 g/mol. The largest absolute Gasteiger partial charge is 0.368 e. The molecule has 0 aromatic rings. The summed E-state index contributed by atoms with van der Waals surface area (Å²) in [5.41, 5.74) is 4.49. The van der Waals surface area contributed by atoms with Crippen molar-refractivity contribution < 1.29 is 103 Å². The van der Waals surface area contributed by atoms with Crippen LogP contribution in [-0.2, 0) is 103 Å². The molecule has 0 aliphatic carbocycles. The molecule has 0 fully saturated rings. The van der Waals surface area contributed by atoms with E-state index in [4.69, 9.17) is 5.73 Å². The SMILES string of the molecule is [CH2-]CCNC(C)(C)C(N)=O.[Y].[Y].[Y]. The minimum absolute atomic E-state index is 0. The van der Waals surface area contributed by atoms with E-state index in [2.05, 4.69) is 12.2 Å². The van der Waals surface area contributed by atoms with Gasteiger partial charge in [0.15, 0.2) is 0 Å². The molecular weight excluding hydrogens is 395 g/mol. The van der Waals surface area contributed by atoms with Crippen LogP contribution in [0.25, 0.3) is 0 Å². The number of hydrogen-bond donors (Lipinski definition) is 2. The summed E-state index contributed by atoms with van der Waals surface area (Å²) in [6, 6.07) is 0. The van der Waals surface area contributed by atoms with Crippen molar-refractivity contribution in [3.05, 3.63) is 6.92 Å². The number of nitrogens with one attached hydrogen (secondary N) is 1. The maximum absolute atomic E-state index is 10.7. The average Bonchev–Trinajstić information content (AvgIpc) is 1.84. The quantitative estimate of drug-likeness (QED) is 0.645. The molecule has 0 atom stereocenters. The van der Waals surface area contributed by atoms with Crippen molar-refractivity contribution in [2.75, 3.05) is 6.54 Å². The smallest absolute Gasteiger partial charge is 0.237 e. The van der Waals surface area contributed by atoms with Gasteiger partial charge in [0, 0.05) is 98.1 Å². The first kappa shape index (κ1) is 24.8. The summed E-state index contributed by atoms with van der Waals surface area (Å²) in [5, 5.41) is 2.97. The molecule has 0 heterocycles. The molecule has 0 bridgehead atoms. The summed E-state index contributed by atoms with van der Waals surface area (Å²) in [5.74, 6) is -0.332. The van der Waals surface area contributed by atoms with E-state index in [1.807, 2.05) is 0 Å². The Kier molecular flexibility index (Phi) is 24.4. The molecule has 0 rings (SSSR count). The fourth-order valence-electron chi connectivity index (χ4n) is 0.488. The van der Waals surface area contributed by atoms with Crippen LogP contribution in [0.15, 0.2) is 0 Å². The predicted molar refractivity (Wildman–Crippen MR) is 41.3 cm³/mol. The van der Waals surface area contributed by atoms with E-state index >= 15 is 0 Å². The first-order valence-corrected chi connectivity index (χ1v) is 3.35. The minimum Gasteiger partial charge on any atom is -0.368 e. The molecular formula is C7H15N2OY3-. The molecule has 69 valence electrons. The summed E-state index contributed by atoms with van der Waals surface area (Å²) in [4.78, 5) is 10.7. The molecule has 0 aromatic carbocycles. The molecule has 3 radical (unpaired) electrons. The first-order chi connectivity index (χ1) is 4.50. The van der Waals surface area contributed by atoms with E-state index in [0.29, 0.717) is 0 Å². The molecule has 0 aromatic heterocycles. The molecule has 0 spiro atoms. The van der Waals surface area contributed by atoms with Crippen LogP contribution in [0.1, 0.15) is 20.3 Å². The Balaban J connectivity index is -0.000000135. The zero-order valence-corrected chi connectivity index (χ0v) is 16.9. The Labute approximate surface area is 156 Å². The van der Waals surface area contributed by atoms with Crippen molar-refractivity contribution in [1.29, 1.82) is 0 Å². The third-order valence-corrected chi connectivity index (χ3v) is 1.36. The van der Waals surface area contributed by atoms with Gasteiger partial charge in [-0.25, -0.2) is 0 Å².